The molecule has 6 heteroatoms. The second kappa shape index (κ2) is 4.66. The molecule has 0 aliphatic carbocycles. The zero-order valence-corrected chi connectivity index (χ0v) is 8.11. The zero-order chi connectivity index (χ0) is 9.68. The Balaban J connectivity index is 2.71. The van der Waals surface area contributed by atoms with Crippen molar-refractivity contribution in [3.8, 4) is 12.1 Å². The summed E-state index contributed by atoms with van der Waals surface area (Å²) in [6, 6.07) is 3.95. The lowest BCUT2D eigenvalue weighted by atomic mass is 10.4. The predicted octanol–water partition coefficient (Wildman–Crippen LogP) is 1.99. The average Bonchev–Trinajstić information content (AvgIpc) is 2.48. The van der Waals surface area contributed by atoms with Gasteiger partial charge in [-0.05, 0) is 11.5 Å². The molecule has 1 rings (SSSR count). The fourth-order valence-corrected chi connectivity index (χ4v) is 1.63. The van der Waals surface area contributed by atoms with Gasteiger partial charge < -0.3 is 5.32 Å². The number of nitrogens with one attached hydrogen (secondary N) is 1. The summed E-state index contributed by atoms with van der Waals surface area (Å²) in [5.41, 5.74) is 0.532. The SMILES string of the molecule is N#CCCNc1c(Cl)nsc1C#N. The third-order valence-electron chi connectivity index (χ3n) is 1.29. The number of rotatable bonds is 3. The summed E-state index contributed by atoms with van der Waals surface area (Å²) < 4.78 is 3.81. The van der Waals surface area contributed by atoms with Crippen LogP contribution in [0.25, 0.3) is 0 Å². The predicted molar refractivity (Wildman–Crippen MR) is 50.6 cm³/mol. The maximum absolute atomic E-state index is 8.65. The van der Waals surface area contributed by atoms with Crippen molar-refractivity contribution >= 4 is 28.8 Å². The van der Waals surface area contributed by atoms with Crippen molar-refractivity contribution in [1.82, 2.24) is 4.37 Å². The molecule has 0 saturated heterocycles. The summed E-state index contributed by atoms with van der Waals surface area (Å²) in [5, 5.41) is 20.1. The van der Waals surface area contributed by atoms with Crippen LogP contribution < -0.4 is 5.32 Å². The van der Waals surface area contributed by atoms with E-state index in [0.717, 1.165) is 11.5 Å². The molecule has 0 atom stereocenters. The summed E-state index contributed by atoms with van der Waals surface area (Å²) in [7, 11) is 0. The van der Waals surface area contributed by atoms with E-state index in [1.807, 2.05) is 12.1 Å². The van der Waals surface area contributed by atoms with Gasteiger partial charge >= 0.3 is 0 Å². The van der Waals surface area contributed by atoms with E-state index in [-0.39, 0.29) is 0 Å². The summed E-state index contributed by atoms with van der Waals surface area (Å²) >= 11 is 6.75. The number of halogens is 1. The first kappa shape index (κ1) is 9.79. The van der Waals surface area contributed by atoms with Crippen LogP contribution in [-0.2, 0) is 0 Å². The highest BCUT2D eigenvalue weighted by Crippen LogP contribution is 2.27. The first-order chi connectivity index (χ1) is 6.29. The molecule has 0 fully saturated rings. The van der Waals surface area contributed by atoms with E-state index < -0.39 is 0 Å². The van der Waals surface area contributed by atoms with Gasteiger partial charge in [0.15, 0.2) is 5.15 Å². The van der Waals surface area contributed by atoms with Gasteiger partial charge in [-0.3, -0.25) is 0 Å². The van der Waals surface area contributed by atoms with Crippen molar-refractivity contribution < 1.29 is 0 Å². The van der Waals surface area contributed by atoms with E-state index in [1.165, 1.54) is 0 Å². The maximum atomic E-state index is 8.65. The van der Waals surface area contributed by atoms with Crippen molar-refractivity contribution in [1.29, 1.82) is 10.5 Å². The molecule has 66 valence electrons. The minimum Gasteiger partial charge on any atom is -0.380 e. The van der Waals surface area contributed by atoms with Crippen LogP contribution in [0.2, 0.25) is 5.15 Å². The number of nitriles is 2. The van der Waals surface area contributed by atoms with E-state index in [9.17, 15) is 0 Å². The van der Waals surface area contributed by atoms with Crippen molar-refractivity contribution in [3.05, 3.63) is 10.0 Å². The standard InChI is InChI=1S/C7H5ClN4S/c8-7-6(11-3-1-2-9)5(4-10)13-12-7/h11H,1,3H2. The second-order valence-corrected chi connectivity index (χ2v) is 3.26. The molecule has 13 heavy (non-hydrogen) atoms. The molecule has 0 bridgehead atoms. The van der Waals surface area contributed by atoms with E-state index >= 15 is 0 Å². The monoisotopic (exact) mass is 212 g/mol. The lowest BCUT2D eigenvalue weighted by molar-refractivity contribution is 1.07. The van der Waals surface area contributed by atoms with Gasteiger partial charge in [-0.2, -0.15) is 14.9 Å². The van der Waals surface area contributed by atoms with Gasteiger partial charge in [0, 0.05) is 6.54 Å². The Morgan fingerprint density at radius 1 is 1.54 bits per heavy atom. The van der Waals surface area contributed by atoms with Crippen molar-refractivity contribution in [3.63, 3.8) is 0 Å². The Morgan fingerprint density at radius 2 is 2.31 bits per heavy atom. The van der Waals surface area contributed by atoms with E-state index in [1.54, 1.807) is 0 Å². The van der Waals surface area contributed by atoms with E-state index in [4.69, 9.17) is 22.1 Å². The van der Waals surface area contributed by atoms with Crippen LogP contribution >= 0.6 is 23.1 Å². The Kier molecular flexibility index (Phi) is 3.51. The number of aromatic nitrogens is 1. The van der Waals surface area contributed by atoms with Crippen LogP contribution in [0, 0.1) is 22.7 Å². The van der Waals surface area contributed by atoms with Crippen LogP contribution in [0.4, 0.5) is 5.69 Å². The second-order valence-electron chi connectivity index (χ2n) is 2.12. The van der Waals surface area contributed by atoms with Crippen molar-refractivity contribution in [2.24, 2.45) is 0 Å². The highest BCUT2D eigenvalue weighted by atomic mass is 35.5. The fraction of sp³-hybridized carbons (Fsp3) is 0.286. The van der Waals surface area contributed by atoms with Gasteiger partial charge in [-0.1, -0.05) is 11.6 Å². The molecule has 0 amide bonds. The maximum Gasteiger partial charge on any atom is 0.167 e. The molecule has 0 aromatic carbocycles. The molecule has 1 N–H and O–H groups in total. The van der Waals surface area contributed by atoms with Gasteiger partial charge in [0.1, 0.15) is 16.6 Å². The fourth-order valence-electron chi connectivity index (χ4n) is 0.744. The third-order valence-corrected chi connectivity index (χ3v) is 2.42. The van der Waals surface area contributed by atoms with Crippen LogP contribution in [0.5, 0.6) is 0 Å². The molecular weight excluding hydrogens is 208 g/mol. The lowest BCUT2D eigenvalue weighted by Gasteiger charge is -1.99. The molecule has 1 aromatic heterocycles. The van der Waals surface area contributed by atoms with E-state index in [2.05, 4.69) is 9.69 Å². The largest absolute Gasteiger partial charge is 0.380 e. The molecule has 1 heterocycles. The third kappa shape index (κ3) is 2.32. The summed E-state index contributed by atoms with van der Waals surface area (Å²) in [6.45, 7) is 0.476. The minimum absolute atomic E-state index is 0.291. The van der Waals surface area contributed by atoms with Gasteiger partial charge in [0.2, 0.25) is 0 Å². The van der Waals surface area contributed by atoms with Gasteiger partial charge in [-0.25, -0.2) is 0 Å². The van der Waals surface area contributed by atoms with E-state index in [0.29, 0.717) is 28.7 Å². The van der Waals surface area contributed by atoms with Crippen LogP contribution in [0.3, 0.4) is 0 Å². The molecule has 1 aromatic rings. The topological polar surface area (TPSA) is 72.5 Å². The smallest absolute Gasteiger partial charge is 0.167 e. The highest BCUT2D eigenvalue weighted by molar-refractivity contribution is 7.07. The number of anilines is 1. The molecule has 0 spiro atoms. The summed E-state index contributed by atoms with van der Waals surface area (Å²) in [6.07, 6.45) is 0.372. The molecular formula is C7H5ClN4S. The molecule has 0 saturated carbocycles. The van der Waals surface area contributed by atoms with Gasteiger partial charge in [-0.15, -0.1) is 0 Å². The van der Waals surface area contributed by atoms with Crippen molar-refractivity contribution in [2.75, 3.05) is 11.9 Å². The molecule has 0 aliphatic rings. The minimum atomic E-state index is 0.291. The number of nitrogens with zero attached hydrogens (tertiary/aromatic N) is 3. The lowest BCUT2D eigenvalue weighted by Crippen LogP contribution is -2.00. The quantitative estimate of drug-likeness (QED) is 0.778. The molecule has 0 aliphatic heterocycles. The Bertz CT molecular complexity index is 373. The van der Waals surface area contributed by atoms with Gasteiger partial charge in [0.25, 0.3) is 0 Å². The normalized spacial score (nSPS) is 8.85. The Hall–Kier alpha value is -1.30. The molecule has 0 unspecified atom stereocenters. The summed E-state index contributed by atoms with van der Waals surface area (Å²) in [5.74, 6) is 0. The first-order valence-electron chi connectivity index (χ1n) is 3.45. The Labute approximate surface area is 84.5 Å². The van der Waals surface area contributed by atoms with Crippen LogP contribution in [0.1, 0.15) is 11.3 Å². The molecule has 0 radical (unpaired) electrons. The highest BCUT2D eigenvalue weighted by Gasteiger charge is 2.10. The number of hydrogen-bond donors (Lipinski definition) is 1. The first-order valence-corrected chi connectivity index (χ1v) is 4.60. The number of hydrogen-bond acceptors (Lipinski definition) is 5. The van der Waals surface area contributed by atoms with Crippen LogP contribution in [-0.4, -0.2) is 10.9 Å². The van der Waals surface area contributed by atoms with Crippen molar-refractivity contribution in [2.45, 2.75) is 6.42 Å². The Morgan fingerprint density at radius 3 is 2.92 bits per heavy atom. The van der Waals surface area contributed by atoms with Crippen LogP contribution in [0.15, 0.2) is 0 Å². The zero-order valence-electron chi connectivity index (χ0n) is 6.54. The molecule has 4 nitrogen and oxygen atoms in total. The van der Waals surface area contributed by atoms with Gasteiger partial charge in [0.05, 0.1) is 12.5 Å². The summed E-state index contributed by atoms with van der Waals surface area (Å²) in [4.78, 5) is 0.447. The average molecular weight is 213 g/mol.